The lowest BCUT2D eigenvalue weighted by Gasteiger charge is -2.31. The predicted octanol–water partition coefficient (Wildman–Crippen LogP) is 5.23. The van der Waals surface area contributed by atoms with Gasteiger partial charge < -0.3 is 4.74 Å². The molecule has 1 aliphatic heterocycles. The molecule has 0 bridgehead atoms. The molecule has 0 saturated carbocycles. The van der Waals surface area contributed by atoms with E-state index < -0.39 is 16.0 Å². The van der Waals surface area contributed by atoms with E-state index in [9.17, 15) is 13.2 Å². The van der Waals surface area contributed by atoms with Gasteiger partial charge in [-0.1, -0.05) is 66.2 Å². The SMILES string of the molecule is Cc1ccc2c(c1)C=C(CC(=O)OCc1ccccc1)N(c1cccc3cccnc13)S2(=O)=O. The number of anilines is 1. The van der Waals surface area contributed by atoms with Crippen molar-refractivity contribution < 1.29 is 17.9 Å². The van der Waals surface area contributed by atoms with Gasteiger partial charge in [-0.15, -0.1) is 0 Å². The van der Waals surface area contributed by atoms with E-state index in [1.165, 1.54) is 4.31 Å². The minimum Gasteiger partial charge on any atom is -0.461 e. The first-order valence-electron chi connectivity index (χ1n) is 10.8. The van der Waals surface area contributed by atoms with E-state index in [2.05, 4.69) is 4.98 Å². The van der Waals surface area contributed by atoms with Crippen LogP contribution in [0.5, 0.6) is 0 Å². The van der Waals surface area contributed by atoms with Crippen molar-refractivity contribution in [1.29, 1.82) is 0 Å². The maximum atomic E-state index is 13.8. The van der Waals surface area contributed by atoms with Gasteiger partial charge in [-0.2, -0.15) is 0 Å². The third-order valence-electron chi connectivity index (χ3n) is 5.66. The summed E-state index contributed by atoms with van der Waals surface area (Å²) in [5.41, 5.74) is 3.58. The Balaban J connectivity index is 1.58. The van der Waals surface area contributed by atoms with Crippen molar-refractivity contribution >= 4 is 38.7 Å². The van der Waals surface area contributed by atoms with Crippen molar-refractivity contribution in [3.8, 4) is 0 Å². The average molecular weight is 471 g/mol. The smallest absolute Gasteiger partial charge is 0.312 e. The van der Waals surface area contributed by atoms with Gasteiger partial charge in [0.05, 0.1) is 22.5 Å². The summed E-state index contributed by atoms with van der Waals surface area (Å²) < 4.78 is 34.4. The molecule has 0 atom stereocenters. The van der Waals surface area contributed by atoms with Crippen LogP contribution in [0.2, 0.25) is 0 Å². The Bertz CT molecular complexity index is 1520. The molecule has 4 aromatic rings. The van der Waals surface area contributed by atoms with E-state index in [-0.39, 0.29) is 17.9 Å². The standard InChI is InChI=1S/C27H22N2O4S/c1-19-12-13-25-22(15-19)16-23(17-26(30)33-18-20-7-3-2-4-8-20)29(34(25,31)32)24-11-5-9-21-10-6-14-28-27(21)24/h2-16H,17-18H2,1H3. The van der Waals surface area contributed by atoms with E-state index in [4.69, 9.17) is 4.74 Å². The van der Waals surface area contributed by atoms with Gasteiger partial charge in [0.2, 0.25) is 0 Å². The Labute approximate surface area is 198 Å². The number of carbonyl (C=O) groups excluding carboxylic acids is 1. The Morgan fingerprint density at radius 1 is 0.971 bits per heavy atom. The van der Waals surface area contributed by atoms with E-state index in [1.807, 2.05) is 49.4 Å². The van der Waals surface area contributed by atoms with Gasteiger partial charge in [-0.3, -0.25) is 9.78 Å². The van der Waals surface area contributed by atoms with Crippen molar-refractivity contribution in [2.24, 2.45) is 0 Å². The summed E-state index contributed by atoms with van der Waals surface area (Å²) in [4.78, 5) is 17.4. The zero-order chi connectivity index (χ0) is 23.7. The number of sulfonamides is 1. The molecule has 7 heteroatoms. The Kier molecular flexibility index (Phi) is 5.63. The van der Waals surface area contributed by atoms with Crippen molar-refractivity contribution in [3.63, 3.8) is 0 Å². The van der Waals surface area contributed by atoms with Gasteiger partial charge in [-0.25, -0.2) is 12.7 Å². The average Bonchev–Trinajstić information content (AvgIpc) is 2.83. The van der Waals surface area contributed by atoms with Crippen LogP contribution in [0.1, 0.15) is 23.1 Å². The first-order valence-corrected chi connectivity index (χ1v) is 12.3. The van der Waals surface area contributed by atoms with Crippen molar-refractivity contribution in [3.05, 3.63) is 107 Å². The molecule has 0 radical (unpaired) electrons. The summed E-state index contributed by atoms with van der Waals surface area (Å²) >= 11 is 0. The number of rotatable bonds is 5. The van der Waals surface area contributed by atoms with Crippen LogP contribution in [0.3, 0.4) is 0 Å². The molecular weight excluding hydrogens is 448 g/mol. The number of ether oxygens (including phenoxy) is 1. The highest BCUT2D eigenvalue weighted by Gasteiger charge is 2.36. The normalized spacial score (nSPS) is 14.4. The molecule has 6 nitrogen and oxygen atoms in total. The number of hydrogen-bond donors (Lipinski definition) is 0. The number of fused-ring (bicyclic) bond motifs is 2. The molecule has 170 valence electrons. The molecule has 5 rings (SSSR count). The Morgan fingerprint density at radius 2 is 1.76 bits per heavy atom. The summed E-state index contributed by atoms with van der Waals surface area (Å²) in [7, 11) is -3.99. The summed E-state index contributed by atoms with van der Waals surface area (Å²) in [6, 6.07) is 23.6. The lowest BCUT2D eigenvalue weighted by atomic mass is 10.1. The second kappa shape index (κ2) is 8.76. The van der Waals surface area contributed by atoms with Gasteiger partial charge in [0, 0.05) is 17.3 Å². The zero-order valence-corrected chi connectivity index (χ0v) is 19.3. The van der Waals surface area contributed by atoms with Gasteiger partial charge in [0.15, 0.2) is 0 Å². The number of esters is 1. The number of benzene rings is 3. The van der Waals surface area contributed by atoms with Crippen LogP contribution in [0, 0.1) is 6.92 Å². The molecule has 0 N–H and O–H groups in total. The summed E-state index contributed by atoms with van der Waals surface area (Å²) in [5, 5.41) is 0.802. The molecule has 2 heterocycles. The van der Waals surface area contributed by atoms with Crippen LogP contribution < -0.4 is 4.31 Å². The third kappa shape index (κ3) is 4.06. The van der Waals surface area contributed by atoms with Gasteiger partial charge in [0.25, 0.3) is 10.0 Å². The number of aromatic nitrogens is 1. The number of aryl methyl sites for hydroxylation is 1. The predicted molar refractivity (Wildman–Crippen MR) is 131 cm³/mol. The van der Waals surface area contributed by atoms with Crippen LogP contribution in [0.4, 0.5) is 5.69 Å². The molecule has 34 heavy (non-hydrogen) atoms. The van der Waals surface area contributed by atoms with Gasteiger partial charge in [0.1, 0.15) is 6.61 Å². The second-order valence-electron chi connectivity index (χ2n) is 8.12. The highest BCUT2D eigenvalue weighted by Crippen LogP contribution is 2.39. The molecule has 1 aliphatic rings. The fourth-order valence-electron chi connectivity index (χ4n) is 4.10. The highest BCUT2D eigenvalue weighted by atomic mass is 32.2. The minimum atomic E-state index is -3.99. The lowest BCUT2D eigenvalue weighted by molar-refractivity contribution is -0.144. The fourth-order valence-corrected chi connectivity index (χ4v) is 5.79. The first-order chi connectivity index (χ1) is 16.4. The molecule has 0 spiro atoms. The number of pyridine rings is 1. The van der Waals surface area contributed by atoms with E-state index in [1.54, 1.807) is 48.7 Å². The topological polar surface area (TPSA) is 76.6 Å². The number of hydrogen-bond acceptors (Lipinski definition) is 5. The molecular formula is C27H22N2O4S. The Morgan fingerprint density at radius 3 is 2.59 bits per heavy atom. The van der Waals surface area contributed by atoms with E-state index in [0.29, 0.717) is 22.5 Å². The molecule has 0 saturated heterocycles. The summed E-state index contributed by atoms with van der Waals surface area (Å²) in [6.45, 7) is 2.01. The Hall–Kier alpha value is -3.97. The van der Waals surface area contributed by atoms with Crippen LogP contribution in [-0.2, 0) is 26.2 Å². The van der Waals surface area contributed by atoms with Crippen LogP contribution >= 0.6 is 0 Å². The molecule has 0 amide bonds. The largest absolute Gasteiger partial charge is 0.461 e. The van der Waals surface area contributed by atoms with Gasteiger partial charge >= 0.3 is 5.97 Å². The van der Waals surface area contributed by atoms with Crippen LogP contribution in [0.25, 0.3) is 17.0 Å². The third-order valence-corrected chi connectivity index (χ3v) is 7.50. The van der Waals surface area contributed by atoms with Crippen molar-refractivity contribution in [2.75, 3.05) is 4.31 Å². The monoisotopic (exact) mass is 470 g/mol. The van der Waals surface area contributed by atoms with Gasteiger partial charge in [-0.05, 0) is 42.3 Å². The maximum Gasteiger partial charge on any atom is 0.312 e. The summed E-state index contributed by atoms with van der Waals surface area (Å²) in [6.07, 6.45) is 3.16. The molecule has 0 fully saturated rings. The number of nitrogens with zero attached hydrogens (tertiary/aromatic N) is 2. The maximum absolute atomic E-state index is 13.8. The zero-order valence-electron chi connectivity index (χ0n) is 18.5. The lowest BCUT2D eigenvalue weighted by Crippen LogP contribution is -2.34. The van der Waals surface area contributed by atoms with E-state index in [0.717, 1.165) is 16.5 Å². The first kappa shape index (κ1) is 21.9. The quantitative estimate of drug-likeness (QED) is 0.374. The van der Waals surface area contributed by atoms with Crippen LogP contribution in [-0.4, -0.2) is 19.4 Å². The minimum absolute atomic E-state index is 0.116. The summed E-state index contributed by atoms with van der Waals surface area (Å²) in [5.74, 6) is -0.514. The number of para-hydroxylation sites is 1. The molecule has 3 aromatic carbocycles. The molecule has 1 aromatic heterocycles. The van der Waals surface area contributed by atoms with Crippen molar-refractivity contribution in [1.82, 2.24) is 4.98 Å². The fraction of sp³-hybridized carbons (Fsp3) is 0.111. The molecule has 0 unspecified atom stereocenters. The highest BCUT2D eigenvalue weighted by molar-refractivity contribution is 7.93. The number of carbonyl (C=O) groups is 1. The van der Waals surface area contributed by atoms with Crippen molar-refractivity contribution in [2.45, 2.75) is 24.8 Å². The van der Waals surface area contributed by atoms with Crippen LogP contribution in [0.15, 0.2) is 95.7 Å². The molecule has 0 aliphatic carbocycles. The van der Waals surface area contributed by atoms with E-state index >= 15 is 0 Å². The second-order valence-corrected chi connectivity index (χ2v) is 9.88.